The largest absolute Gasteiger partial charge is 0.489 e. The van der Waals surface area contributed by atoms with Crippen LogP contribution < -0.4 is 10.5 Å². The molecule has 0 atom stereocenters. The number of hydrogen-bond donors (Lipinski definition) is 1. The number of amides is 1. The molecule has 0 spiro atoms. The molecule has 0 saturated carbocycles. The fourth-order valence-corrected chi connectivity index (χ4v) is 1.93. The average Bonchev–Trinajstić information content (AvgIpc) is 2.38. The average molecular weight is 273 g/mol. The van der Waals surface area contributed by atoms with E-state index in [-0.39, 0.29) is 12.2 Å². The Bertz CT molecular complexity index is 653. The Kier molecular flexibility index (Phi) is 4.03. The van der Waals surface area contributed by atoms with Gasteiger partial charge in [-0.15, -0.1) is 0 Å². The van der Waals surface area contributed by atoms with Crippen LogP contribution in [0, 0.1) is 19.7 Å². The van der Waals surface area contributed by atoms with Crippen molar-refractivity contribution < 1.29 is 13.9 Å². The second kappa shape index (κ2) is 5.74. The third-order valence-corrected chi connectivity index (χ3v) is 3.05. The maximum absolute atomic E-state index is 13.8. The Hall–Kier alpha value is -2.36. The van der Waals surface area contributed by atoms with E-state index in [1.807, 2.05) is 32.0 Å². The molecule has 2 rings (SSSR count). The summed E-state index contributed by atoms with van der Waals surface area (Å²) in [6.45, 7) is 4.04. The van der Waals surface area contributed by atoms with Gasteiger partial charge in [-0.25, -0.2) is 4.39 Å². The number of aryl methyl sites for hydroxylation is 2. The maximum Gasteiger partial charge on any atom is 0.248 e. The van der Waals surface area contributed by atoms with Gasteiger partial charge in [0.05, 0.1) is 0 Å². The Balaban J connectivity index is 2.13. The van der Waals surface area contributed by atoms with Crippen LogP contribution in [0.1, 0.15) is 27.0 Å². The van der Waals surface area contributed by atoms with E-state index in [1.54, 1.807) is 0 Å². The lowest BCUT2D eigenvalue weighted by atomic mass is 10.1. The number of primary amides is 1. The lowest BCUT2D eigenvalue weighted by Crippen LogP contribution is -2.11. The SMILES string of the molecule is Cc1ccc(OCc2ccc(C(N)=O)cc2F)c(C)c1. The van der Waals surface area contributed by atoms with Crippen molar-refractivity contribution in [3.05, 3.63) is 64.5 Å². The molecule has 0 aliphatic heterocycles. The van der Waals surface area contributed by atoms with Crippen molar-refractivity contribution in [2.45, 2.75) is 20.5 Å². The fourth-order valence-electron chi connectivity index (χ4n) is 1.93. The number of halogens is 1. The van der Waals surface area contributed by atoms with E-state index in [1.165, 1.54) is 12.1 Å². The van der Waals surface area contributed by atoms with Gasteiger partial charge in [0.15, 0.2) is 0 Å². The predicted octanol–water partition coefficient (Wildman–Crippen LogP) is 3.12. The van der Waals surface area contributed by atoms with Crippen molar-refractivity contribution >= 4 is 5.91 Å². The number of ether oxygens (including phenoxy) is 1. The number of carbonyl (C=O) groups is 1. The van der Waals surface area contributed by atoms with Gasteiger partial charge in [0.2, 0.25) is 5.91 Å². The van der Waals surface area contributed by atoms with Gasteiger partial charge in [0, 0.05) is 11.1 Å². The normalized spacial score (nSPS) is 10.3. The first-order valence-corrected chi connectivity index (χ1v) is 6.25. The van der Waals surface area contributed by atoms with E-state index in [4.69, 9.17) is 10.5 Å². The van der Waals surface area contributed by atoms with Gasteiger partial charge in [0.25, 0.3) is 0 Å². The highest BCUT2D eigenvalue weighted by atomic mass is 19.1. The van der Waals surface area contributed by atoms with Crippen molar-refractivity contribution in [2.24, 2.45) is 5.73 Å². The Morgan fingerprint density at radius 2 is 1.95 bits per heavy atom. The zero-order chi connectivity index (χ0) is 14.7. The van der Waals surface area contributed by atoms with Gasteiger partial charge >= 0.3 is 0 Å². The quantitative estimate of drug-likeness (QED) is 0.930. The zero-order valence-electron chi connectivity index (χ0n) is 11.4. The molecule has 104 valence electrons. The van der Waals surface area contributed by atoms with Gasteiger partial charge < -0.3 is 10.5 Å². The predicted molar refractivity (Wildman–Crippen MR) is 75.2 cm³/mol. The first kappa shape index (κ1) is 14.1. The van der Waals surface area contributed by atoms with Gasteiger partial charge in [-0.1, -0.05) is 23.8 Å². The highest BCUT2D eigenvalue weighted by Gasteiger charge is 2.08. The smallest absolute Gasteiger partial charge is 0.248 e. The van der Waals surface area contributed by atoms with Crippen LogP contribution in [0.4, 0.5) is 4.39 Å². The third kappa shape index (κ3) is 3.15. The molecular formula is C16H16FNO2. The van der Waals surface area contributed by atoms with Crippen LogP contribution in [0.3, 0.4) is 0 Å². The van der Waals surface area contributed by atoms with E-state index in [2.05, 4.69) is 0 Å². The van der Waals surface area contributed by atoms with Crippen LogP contribution in [0.15, 0.2) is 36.4 Å². The van der Waals surface area contributed by atoms with Crippen LogP contribution in [0.5, 0.6) is 5.75 Å². The minimum absolute atomic E-state index is 0.106. The zero-order valence-corrected chi connectivity index (χ0v) is 11.4. The molecule has 0 radical (unpaired) electrons. The minimum atomic E-state index is -0.647. The fraction of sp³-hybridized carbons (Fsp3) is 0.188. The maximum atomic E-state index is 13.8. The molecule has 0 heterocycles. The molecule has 0 aromatic heterocycles. The molecule has 0 fully saturated rings. The molecule has 2 aromatic carbocycles. The van der Waals surface area contributed by atoms with E-state index in [9.17, 15) is 9.18 Å². The molecule has 0 saturated heterocycles. The van der Waals surface area contributed by atoms with E-state index < -0.39 is 11.7 Å². The van der Waals surface area contributed by atoms with Crippen molar-refractivity contribution in [1.82, 2.24) is 0 Å². The monoisotopic (exact) mass is 273 g/mol. The summed E-state index contributed by atoms with van der Waals surface area (Å²) in [7, 11) is 0. The first-order chi connectivity index (χ1) is 9.47. The summed E-state index contributed by atoms with van der Waals surface area (Å²) in [5.41, 5.74) is 7.77. The van der Waals surface area contributed by atoms with Crippen molar-refractivity contribution in [2.75, 3.05) is 0 Å². The second-order valence-corrected chi connectivity index (χ2v) is 4.73. The van der Waals surface area contributed by atoms with Gasteiger partial charge in [-0.3, -0.25) is 4.79 Å². The molecule has 0 aliphatic rings. The van der Waals surface area contributed by atoms with E-state index in [0.29, 0.717) is 11.3 Å². The Morgan fingerprint density at radius 3 is 2.55 bits per heavy atom. The molecule has 0 bridgehead atoms. The number of nitrogens with two attached hydrogens (primary N) is 1. The van der Waals surface area contributed by atoms with Crippen LogP contribution >= 0.6 is 0 Å². The summed E-state index contributed by atoms with van der Waals surface area (Å²) >= 11 is 0. The summed E-state index contributed by atoms with van der Waals surface area (Å²) in [5.74, 6) is -0.425. The summed E-state index contributed by atoms with van der Waals surface area (Å²) in [5, 5.41) is 0. The van der Waals surface area contributed by atoms with Gasteiger partial charge in [-0.05, 0) is 37.6 Å². The minimum Gasteiger partial charge on any atom is -0.489 e. The summed E-state index contributed by atoms with van der Waals surface area (Å²) < 4.78 is 19.4. The van der Waals surface area contributed by atoms with Crippen molar-refractivity contribution in [1.29, 1.82) is 0 Å². The third-order valence-electron chi connectivity index (χ3n) is 3.05. The highest BCUT2D eigenvalue weighted by molar-refractivity contribution is 5.92. The standard InChI is InChI=1S/C16H16FNO2/c1-10-3-6-15(11(2)7-10)20-9-13-5-4-12(16(18)19)8-14(13)17/h3-8H,9H2,1-2H3,(H2,18,19). The lowest BCUT2D eigenvalue weighted by Gasteiger charge is -2.10. The number of hydrogen-bond acceptors (Lipinski definition) is 2. The molecule has 2 N–H and O–H groups in total. The first-order valence-electron chi connectivity index (χ1n) is 6.25. The summed E-state index contributed by atoms with van der Waals surface area (Å²) in [6.07, 6.45) is 0. The number of carbonyl (C=O) groups excluding carboxylic acids is 1. The van der Waals surface area contributed by atoms with Crippen molar-refractivity contribution in [3.8, 4) is 5.75 Å². The van der Waals surface area contributed by atoms with Crippen LogP contribution in [0.2, 0.25) is 0 Å². The second-order valence-electron chi connectivity index (χ2n) is 4.73. The number of rotatable bonds is 4. The molecule has 4 heteroatoms. The molecule has 0 aliphatic carbocycles. The summed E-state index contributed by atoms with van der Waals surface area (Å²) in [4.78, 5) is 10.9. The van der Waals surface area contributed by atoms with Crippen LogP contribution in [0.25, 0.3) is 0 Å². The molecular weight excluding hydrogens is 257 g/mol. The van der Waals surface area contributed by atoms with Gasteiger partial charge in [0.1, 0.15) is 18.2 Å². The number of benzene rings is 2. The van der Waals surface area contributed by atoms with E-state index in [0.717, 1.165) is 17.2 Å². The molecule has 3 nitrogen and oxygen atoms in total. The Labute approximate surface area is 117 Å². The van der Waals surface area contributed by atoms with Crippen LogP contribution in [-0.2, 0) is 6.61 Å². The van der Waals surface area contributed by atoms with Gasteiger partial charge in [-0.2, -0.15) is 0 Å². The molecule has 2 aromatic rings. The summed E-state index contributed by atoms with van der Waals surface area (Å²) in [6, 6.07) is 9.94. The molecule has 1 amide bonds. The lowest BCUT2D eigenvalue weighted by molar-refractivity contribution is 0.0999. The van der Waals surface area contributed by atoms with Crippen molar-refractivity contribution in [3.63, 3.8) is 0 Å². The van der Waals surface area contributed by atoms with E-state index >= 15 is 0 Å². The highest BCUT2D eigenvalue weighted by Crippen LogP contribution is 2.21. The Morgan fingerprint density at radius 1 is 1.20 bits per heavy atom. The molecule has 0 unspecified atom stereocenters. The molecule has 20 heavy (non-hydrogen) atoms. The van der Waals surface area contributed by atoms with Crippen LogP contribution in [-0.4, -0.2) is 5.91 Å². The topological polar surface area (TPSA) is 52.3 Å².